The molecule has 1 saturated carbocycles. The Kier molecular flexibility index (Phi) is 4.24. The zero-order valence-corrected chi connectivity index (χ0v) is 14.5. The summed E-state index contributed by atoms with van der Waals surface area (Å²) in [6, 6.07) is 7.94. The van der Waals surface area contributed by atoms with E-state index in [0.717, 1.165) is 54.8 Å². The van der Waals surface area contributed by atoms with Crippen molar-refractivity contribution in [1.82, 2.24) is 4.98 Å². The minimum absolute atomic E-state index is 0.138. The summed E-state index contributed by atoms with van der Waals surface area (Å²) in [4.78, 5) is 19.0. The number of amides is 1. The molecule has 1 aliphatic carbocycles. The molecule has 0 bridgehead atoms. The number of benzene rings is 1. The molecule has 2 aliphatic rings. The van der Waals surface area contributed by atoms with E-state index in [2.05, 4.69) is 22.5 Å². The molecule has 5 nitrogen and oxygen atoms in total. The van der Waals surface area contributed by atoms with Gasteiger partial charge in [0.2, 0.25) is 5.91 Å². The number of nitrogens with one attached hydrogen (secondary N) is 1. The van der Waals surface area contributed by atoms with Gasteiger partial charge in [-0.2, -0.15) is 0 Å². The van der Waals surface area contributed by atoms with Gasteiger partial charge in [-0.1, -0.05) is 19.1 Å². The number of carbonyl (C=O) groups excluding carboxylic acids is 1. The number of anilines is 2. The van der Waals surface area contributed by atoms with Crippen molar-refractivity contribution in [3.05, 3.63) is 29.6 Å². The molecule has 1 aromatic heterocycles. The average Bonchev–Trinajstić information content (AvgIpc) is 3.16. The van der Waals surface area contributed by atoms with E-state index < -0.39 is 0 Å². The van der Waals surface area contributed by atoms with Crippen LogP contribution in [-0.4, -0.2) is 37.2 Å². The molecule has 24 heavy (non-hydrogen) atoms. The number of hydrogen-bond acceptors (Lipinski definition) is 5. The third-order valence-corrected chi connectivity index (χ3v) is 5.57. The molecule has 2 fully saturated rings. The summed E-state index contributed by atoms with van der Waals surface area (Å²) in [5, 5.41) is 6.13. The van der Waals surface area contributed by atoms with Gasteiger partial charge >= 0.3 is 0 Å². The van der Waals surface area contributed by atoms with Crippen molar-refractivity contribution in [3.8, 4) is 11.3 Å². The number of ether oxygens (including phenoxy) is 1. The highest BCUT2D eigenvalue weighted by atomic mass is 32.1. The molecule has 1 N–H and O–H groups in total. The van der Waals surface area contributed by atoms with E-state index in [1.807, 2.05) is 24.3 Å². The van der Waals surface area contributed by atoms with Gasteiger partial charge in [0.15, 0.2) is 5.13 Å². The highest BCUT2D eigenvalue weighted by Crippen LogP contribution is 2.38. The highest BCUT2D eigenvalue weighted by Gasteiger charge is 2.39. The number of nitrogens with zero attached hydrogens (tertiary/aromatic N) is 2. The van der Waals surface area contributed by atoms with Crippen LogP contribution < -0.4 is 10.2 Å². The number of hydrogen-bond donors (Lipinski definition) is 1. The van der Waals surface area contributed by atoms with Crippen LogP contribution in [0.2, 0.25) is 0 Å². The number of thiazole rings is 1. The van der Waals surface area contributed by atoms with Crippen molar-refractivity contribution in [3.63, 3.8) is 0 Å². The lowest BCUT2D eigenvalue weighted by Gasteiger charge is -2.26. The number of carbonyl (C=O) groups is 1. The number of morpholine rings is 1. The summed E-state index contributed by atoms with van der Waals surface area (Å²) in [5.41, 5.74) is 2.91. The first kappa shape index (κ1) is 15.6. The van der Waals surface area contributed by atoms with E-state index in [4.69, 9.17) is 9.72 Å². The summed E-state index contributed by atoms with van der Waals surface area (Å²) in [6.45, 7) is 5.45. The van der Waals surface area contributed by atoms with E-state index in [9.17, 15) is 4.79 Å². The molecular weight excluding hydrogens is 322 g/mol. The highest BCUT2D eigenvalue weighted by molar-refractivity contribution is 7.14. The van der Waals surface area contributed by atoms with Crippen molar-refractivity contribution in [1.29, 1.82) is 0 Å². The lowest BCUT2D eigenvalue weighted by Crippen LogP contribution is -2.36. The Hall–Kier alpha value is -1.92. The van der Waals surface area contributed by atoms with E-state index in [1.54, 1.807) is 11.3 Å². The monoisotopic (exact) mass is 343 g/mol. The quantitative estimate of drug-likeness (QED) is 0.926. The van der Waals surface area contributed by atoms with Crippen LogP contribution in [0.25, 0.3) is 11.3 Å². The van der Waals surface area contributed by atoms with Gasteiger partial charge in [0, 0.05) is 35.6 Å². The number of rotatable bonds is 4. The van der Waals surface area contributed by atoms with Gasteiger partial charge < -0.3 is 15.0 Å². The molecule has 1 saturated heterocycles. The fourth-order valence-corrected chi connectivity index (χ4v) is 3.83. The van der Waals surface area contributed by atoms with Crippen LogP contribution >= 0.6 is 11.3 Å². The standard InChI is InChI=1S/C18H21N3O2S/c1-12-10-15(12)17(22)19-14-4-2-13(3-5-14)16-11-24-18(20-16)21-6-8-23-9-7-21/h2-5,11-12,15H,6-10H2,1H3,(H,19,22). The second-order valence-electron chi connectivity index (χ2n) is 6.50. The van der Waals surface area contributed by atoms with Crippen LogP contribution in [0.1, 0.15) is 13.3 Å². The normalized spacial score (nSPS) is 23.1. The lowest BCUT2D eigenvalue weighted by molar-refractivity contribution is -0.117. The number of aromatic nitrogens is 1. The van der Waals surface area contributed by atoms with Gasteiger partial charge in [0.05, 0.1) is 18.9 Å². The molecule has 0 radical (unpaired) electrons. The first-order valence-electron chi connectivity index (χ1n) is 8.40. The van der Waals surface area contributed by atoms with Gasteiger partial charge in [-0.05, 0) is 24.5 Å². The van der Waals surface area contributed by atoms with E-state index in [1.165, 1.54) is 0 Å². The zero-order valence-electron chi connectivity index (χ0n) is 13.7. The van der Waals surface area contributed by atoms with E-state index in [-0.39, 0.29) is 11.8 Å². The fourth-order valence-electron chi connectivity index (χ4n) is 2.94. The Labute approximate surface area is 145 Å². The molecule has 2 heterocycles. The van der Waals surface area contributed by atoms with Gasteiger partial charge in [0.1, 0.15) is 0 Å². The first-order valence-corrected chi connectivity index (χ1v) is 9.28. The minimum Gasteiger partial charge on any atom is -0.378 e. The second kappa shape index (κ2) is 6.53. The Morgan fingerprint density at radius 1 is 1.29 bits per heavy atom. The van der Waals surface area contributed by atoms with Crippen LogP contribution in [0, 0.1) is 11.8 Å². The molecule has 1 amide bonds. The molecule has 2 aromatic rings. The Bertz CT molecular complexity index is 722. The molecule has 126 valence electrons. The Balaban J connectivity index is 1.43. The van der Waals surface area contributed by atoms with Crippen molar-refractivity contribution >= 4 is 28.1 Å². The zero-order chi connectivity index (χ0) is 16.5. The maximum atomic E-state index is 12.0. The molecular formula is C18H21N3O2S. The van der Waals surface area contributed by atoms with Gasteiger partial charge in [-0.25, -0.2) is 4.98 Å². The largest absolute Gasteiger partial charge is 0.378 e. The summed E-state index contributed by atoms with van der Waals surface area (Å²) in [7, 11) is 0. The molecule has 2 atom stereocenters. The maximum absolute atomic E-state index is 12.0. The summed E-state index contributed by atoms with van der Waals surface area (Å²) < 4.78 is 5.39. The summed E-state index contributed by atoms with van der Waals surface area (Å²) >= 11 is 1.67. The summed E-state index contributed by atoms with van der Waals surface area (Å²) in [5.74, 6) is 0.857. The third kappa shape index (κ3) is 3.30. The maximum Gasteiger partial charge on any atom is 0.227 e. The lowest BCUT2D eigenvalue weighted by atomic mass is 10.1. The smallest absolute Gasteiger partial charge is 0.227 e. The van der Waals surface area contributed by atoms with Crippen LogP contribution in [0.4, 0.5) is 10.8 Å². The van der Waals surface area contributed by atoms with E-state index in [0.29, 0.717) is 5.92 Å². The van der Waals surface area contributed by atoms with Crippen molar-refractivity contribution in [2.24, 2.45) is 11.8 Å². The predicted molar refractivity (Wildman–Crippen MR) is 96.5 cm³/mol. The van der Waals surface area contributed by atoms with Crippen LogP contribution in [0.15, 0.2) is 29.6 Å². The van der Waals surface area contributed by atoms with Crippen molar-refractivity contribution in [2.75, 3.05) is 36.5 Å². The fraction of sp³-hybridized carbons (Fsp3) is 0.444. The first-order chi connectivity index (χ1) is 11.7. The molecule has 6 heteroatoms. The van der Waals surface area contributed by atoms with Gasteiger partial charge in [-0.3, -0.25) is 4.79 Å². The second-order valence-corrected chi connectivity index (χ2v) is 7.34. The molecule has 4 rings (SSSR count). The molecule has 1 aromatic carbocycles. The van der Waals surface area contributed by atoms with Crippen LogP contribution in [-0.2, 0) is 9.53 Å². The predicted octanol–water partition coefficient (Wildman–Crippen LogP) is 3.24. The minimum atomic E-state index is 0.138. The van der Waals surface area contributed by atoms with Gasteiger partial charge in [-0.15, -0.1) is 11.3 Å². The topological polar surface area (TPSA) is 54.5 Å². The molecule has 2 unspecified atom stereocenters. The van der Waals surface area contributed by atoms with Crippen molar-refractivity contribution in [2.45, 2.75) is 13.3 Å². The Morgan fingerprint density at radius 2 is 2.00 bits per heavy atom. The van der Waals surface area contributed by atoms with Crippen LogP contribution in [0.3, 0.4) is 0 Å². The molecule has 1 aliphatic heterocycles. The Morgan fingerprint density at radius 3 is 2.67 bits per heavy atom. The van der Waals surface area contributed by atoms with E-state index >= 15 is 0 Å². The van der Waals surface area contributed by atoms with Crippen molar-refractivity contribution < 1.29 is 9.53 Å². The SMILES string of the molecule is CC1CC1C(=O)Nc1ccc(-c2csc(N3CCOCC3)n2)cc1. The average molecular weight is 343 g/mol. The van der Waals surface area contributed by atoms with Crippen LogP contribution in [0.5, 0.6) is 0 Å². The van der Waals surface area contributed by atoms with Gasteiger partial charge in [0.25, 0.3) is 0 Å². The third-order valence-electron chi connectivity index (χ3n) is 4.67. The molecule has 0 spiro atoms. The summed E-state index contributed by atoms with van der Waals surface area (Å²) in [6.07, 6.45) is 1.01.